The van der Waals surface area contributed by atoms with Gasteiger partial charge in [0.05, 0.1) is 58.5 Å². The molecule has 2 unspecified atom stereocenters. The number of nitrogens with zero attached hydrogens (tertiary/aromatic N) is 1. The molecule has 43 heavy (non-hydrogen) atoms. The Hall–Kier alpha value is -3.14. The molecular formula is C35H46N2O6. The van der Waals surface area contributed by atoms with E-state index in [0.29, 0.717) is 39.0 Å². The molecule has 2 atom stereocenters. The van der Waals surface area contributed by atoms with E-state index in [9.17, 15) is 0 Å². The van der Waals surface area contributed by atoms with Crippen molar-refractivity contribution in [1.29, 1.82) is 0 Å². The van der Waals surface area contributed by atoms with Crippen LogP contribution in [0.15, 0.2) is 66.7 Å². The van der Waals surface area contributed by atoms with Gasteiger partial charge in [-0.15, -0.1) is 0 Å². The molecule has 0 bridgehead atoms. The van der Waals surface area contributed by atoms with Gasteiger partial charge in [-0.1, -0.05) is 48.5 Å². The predicted octanol–water partition coefficient (Wildman–Crippen LogP) is 5.33. The van der Waals surface area contributed by atoms with E-state index in [-0.39, 0.29) is 6.10 Å². The maximum atomic E-state index is 6.55. The normalized spacial score (nSPS) is 18.2. The first-order valence-corrected chi connectivity index (χ1v) is 15.4. The van der Waals surface area contributed by atoms with Crippen LogP contribution >= 0.6 is 0 Å². The minimum absolute atomic E-state index is 0.112. The Labute approximate surface area is 256 Å². The number of nitrogens with one attached hydrogen (secondary N) is 1. The summed E-state index contributed by atoms with van der Waals surface area (Å²) >= 11 is 0. The zero-order valence-electron chi connectivity index (χ0n) is 25.6. The van der Waals surface area contributed by atoms with E-state index in [2.05, 4.69) is 52.7 Å². The lowest BCUT2D eigenvalue weighted by molar-refractivity contribution is 0.0106. The van der Waals surface area contributed by atoms with Gasteiger partial charge in [0.15, 0.2) is 0 Å². The van der Waals surface area contributed by atoms with Crippen molar-refractivity contribution in [3.8, 4) is 11.5 Å². The van der Waals surface area contributed by atoms with Crippen molar-refractivity contribution in [1.82, 2.24) is 5.32 Å². The van der Waals surface area contributed by atoms with Gasteiger partial charge in [-0.3, -0.25) is 0 Å². The van der Waals surface area contributed by atoms with Crippen LogP contribution in [0.1, 0.15) is 41.0 Å². The predicted molar refractivity (Wildman–Crippen MR) is 168 cm³/mol. The van der Waals surface area contributed by atoms with Crippen LogP contribution in [0.5, 0.6) is 11.5 Å². The van der Waals surface area contributed by atoms with Crippen LogP contribution in [-0.4, -0.2) is 72.9 Å². The second-order valence-electron chi connectivity index (χ2n) is 11.1. The van der Waals surface area contributed by atoms with Gasteiger partial charge in [-0.25, -0.2) is 0 Å². The van der Waals surface area contributed by atoms with Crippen molar-refractivity contribution >= 4 is 5.69 Å². The average molecular weight is 591 g/mol. The fourth-order valence-electron chi connectivity index (χ4n) is 5.80. The molecule has 0 saturated carbocycles. The van der Waals surface area contributed by atoms with Crippen LogP contribution in [0.2, 0.25) is 0 Å². The van der Waals surface area contributed by atoms with E-state index in [1.54, 1.807) is 14.2 Å². The zero-order chi connectivity index (χ0) is 29.7. The van der Waals surface area contributed by atoms with Crippen molar-refractivity contribution in [2.24, 2.45) is 0 Å². The first kappa shape index (κ1) is 31.3. The van der Waals surface area contributed by atoms with Crippen LogP contribution in [0.3, 0.4) is 0 Å². The van der Waals surface area contributed by atoms with Crippen LogP contribution < -0.4 is 19.7 Å². The van der Waals surface area contributed by atoms with Crippen LogP contribution in [0.25, 0.3) is 0 Å². The highest BCUT2D eigenvalue weighted by molar-refractivity contribution is 5.61. The molecule has 0 aromatic heterocycles. The minimum Gasteiger partial charge on any atom is -0.496 e. The number of rotatable bonds is 16. The summed E-state index contributed by atoms with van der Waals surface area (Å²) in [5.74, 6) is 2.15. The lowest BCUT2D eigenvalue weighted by Gasteiger charge is -2.33. The van der Waals surface area contributed by atoms with E-state index >= 15 is 0 Å². The molecule has 0 radical (unpaired) electrons. The molecule has 1 saturated heterocycles. The van der Waals surface area contributed by atoms with Gasteiger partial charge in [0.1, 0.15) is 18.1 Å². The second-order valence-corrected chi connectivity index (χ2v) is 11.1. The lowest BCUT2D eigenvalue weighted by atomic mass is 9.87. The zero-order valence-corrected chi connectivity index (χ0v) is 25.6. The van der Waals surface area contributed by atoms with Gasteiger partial charge in [0.25, 0.3) is 0 Å². The number of hydrogen-bond acceptors (Lipinski definition) is 8. The van der Waals surface area contributed by atoms with Crippen LogP contribution in [0, 0.1) is 0 Å². The van der Waals surface area contributed by atoms with Crippen molar-refractivity contribution in [2.45, 2.75) is 44.7 Å². The smallest absolute Gasteiger partial charge is 0.142 e. The Morgan fingerprint density at radius 2 is 1.70 bits per heavy atom. The molecule has 0 aliphatic carbocycles. The second kappa shape index (κ2) is 16.6. The molecule has 0 amide bonds. The van der Waals surface area contributed by atoms with E-state index in [1.165, 1.54) is 11.1 Å². The third-order valence-corrected chi connectivity index (χ3v) is 8.15. The molecule has 8 heteroatoms. The van der Waals surface area contributed by atoms with E-state index in [4.69, 9.17) is 28.4 Å². The summed E-state index contributed by atoms with van der Waals surface area (Å²) in [5, 5.41) is 3.53. The van der Waals surface area contributed by atoms with E-state index in [1.807, 2.05) is 24.3 Å². The number of methoxy groups -OCH3 is 2. The number of anilines is 1. The summed E-state index contributed by atoms with van der Waals surface area (Å²) in [6.45, 7) is 7.91. The third-order valence-electron chi connectivity index (χ3n) is 8.15. The van der Waals surface area contributed by atoms with Gasteiger partial charge in [-0.05, 0) is 54.3 Å². The summed E-state index contributed by atoms with van der Waals surface area (Å²) in [6, 6.07) is 23.2. The quantitative estimate of drug-likeness (QED) is 0.225. The first-order valence-electron chi connectivity index (χ1n) is 15.4. The molecule has 2 aliphatic heterocycles. The monoisotopic (exact) mass is 590 g/mol. The first-order chi connectivity index (χ1) is 21.2. The number of ether oxygens (including phenoxy) is 6. The number of fused-ring (bicyclic) bond motifs is 1. The Balaban J connectivity index is 1.08. The number of piperidine rings is 1. The van der Waals surface area contributed by atoms with Gasteiger partial charge in [0.2, 0.25) is 0 Å². The third kappa shape index (κ3) is 8.94. The summed E-state index contributed by atoms with van der Waals surface area (Å²) in [4.78, 5) is 2.40. The molecule has 5 rings (SSSR count). The van der Waals surface area contributed by atoms with Crippen molar-refractivity contribution < 1.29 is 28.4 Å². The largest absolute Gasteiger partial charge is 0.496 e. The highest BCUT2D eigenvalue weighted by Gasteiger charge is 2.27. The molecule has 3 aromatic rings. The maximum absolute atomic E-state index is 6.55. The molecular weight excluding hydrogens is 544 g/mol. The minimum atomic E-state index is 0.112. The topological polar surface area (TPSA) is 70.7 Å². The highest BCUT2D eigenvalue weighted by atomic mass is 16.5. The number of benzene rings is 3. The Bertz CT molecular complexity index is 1250. The average Bonchev–Trinajstić information content (AvgIpc) is 3.06. The summed E-state index contributed by atoms with van der Waals surface area (Å²) in [7, 11) is 3.43. The Morgan fingerprint density at radius 3 is 2.53 bits per heavy atom. The lowest BCUT2D eigenvalue weighted by Crippen LogP contribution is -2.41. The summed E-state index contributed by atoms with van der Waals surface area (Å²) in [5.41, 5.74) is 5.84. The fourth-order valence-corrected chi connectivity index (χ4v) is 5.80. The van der Waals surface area contributed by atoms with E-state index < -0.39 is 0 Å². The molecule has 3 aromatic carbocycles. The van der Waals surface area contributed by atoms with Gasteiger partial charge >= 0.3 is 0 Å². The highest BCUT2D eigenvalue weighted by Crippen LogP contribution is 2.34. The van der Waals surface area contributed by atoms with Gasteiger partial charge < -0.3 is 38.6 Å². The number of para-hydroxylation sites is 1. The van der Waals surface area contributed by atoms with Crippen molar-refractivity contribution in [2.75, 3.05) is 71.7 Å². The standard InChI is InChI=1S/C35H46N2O6/c1-38-18-5-16-37-17-19-42-34-13-10-28(22-32(34)37)25-43-35-23-36-15-14-31(35)29-11-8-27(9-12-29)24-40-20-21-41-26-30-6-3-4-7-33(30)39-2/h3-4,6-13,22,31,35-36H,5,14-21,23-26H2,1-2H3. The molecule has 1 fully saturated rings. The fraction of sp³-hybridized carbons (Fsp3) is 0.486. The molecule has 232 valence electrons. The SMILES string of the molecule is COCCCN1CCOc2ccc(COC3CNCCC3c3ccc(COCCOCc4ccccc4OC)cc3)cc21. The molecule has 2 aliphatic rings. The van der Waals surface area contributed by atoms with E-state index in [0.717, 1.165) is 80.5 Å². The molecule has 8 nitrogen and oxygen atoms in total. The Morgan fingerprint density at radius 1 is 0.884 bits per heavy atom. The summed E-state index contributed by atoms with van der Waals surface area (Å²) < 4.78 is 34.8. The molecule has 2 heterocycles. The van der Waals surface area contributed by atoms with Crippen molar-refractivity contribution in [3.63, 3.8) is 0 Å². The number of hydrogen-bond donors (Lipinski definition) is 1. The summed E-state index contributed by atoms with van der Waals surface area (Å²) in [6.07, 6.45) is 2.16. The molecule has 0 spiro atoms. The van der Waals surface area contributed by atoms with Gasteiger partial charge in [-0.2, -0.15) is 0 Å². The Kier molecular flexibility index (Phi) is 12.1. The maximum Gasteiger partial charge on any atom is 0.142 e. The molecule has 1 N–H and O–H groups in total. The van der Waals surface area contributed by atoms with Crippen molar-refractivity contribution in [3.05, 3.63) is 89.0 Å². The van der Waals surface area contributed by atoms with Crippen LogP contribution in [-0.2, 0) is 38.8 Å². The van der Waals surface area contributed by atoms with Crippen LogP contribution in [0.4, 0.5) is 5.69 Å². The van der Waals surface area contributed by atoms with Gasteiger partial charge in [0, 0.05) is 38.3 Å².